The number of carbonyl (C=O) groups excluding carboxylic acids is 1. The first kappa shape index (κ1) is 14.6. The number of aliphatic hydroxyl groups excluding tert-OH is 1. The molecule has 0 rings (SSSR count). The number of hydrogen-bond acceptors (Lipinski definition) is 4. The molecule has 16 heavy (non-hydrogen) atoms. The fourth-order valence-electron chi connectivity index (χ4n) is 1.17. The van der Waals surface area contributed by atoms with Gasteiger partial charge in [-0.1, -0.05) is 19.8 Å². The zero-order chi connectivity index (χ0) is 12.6. The van der Waals surface area contributed by atoms with E-state index in [9.17, 15) is 14.7 Å². The number of ether oxygens (including phenoxy) is 1. The average Bonchev–Trinajstić information content (AvgIpc) is 2.23. The van der Waals surface area contributed by atoms with E-state index in [1.165, 1.54) is 7.11 Å². The van der Waals surface area contributed by atoms with Crippen molar-refractivity contribution in [2.75, 3.05) is 7.11 Å². The molecule has 0 saturated carbocycles. The van der Waals surface area contributed by atoms with E-state index in [-0.39, 0.29) is 12.2 Å². The van der Waals surface area contributed by atoms with Crippen molar-refractivity contribution >= 4 is 11.8 Å². The van der Waals surface area contributed by atoms with Gasteiger partial charge in [0.1, 0.15) is 11.9 Å². The lowest BCUT2D eigenvalue weighted by atomic mass is 10.1. The van der Waals surface area contributed by atoms with Gasteiger partial charge in [0.05, 0.1) is 19.6 Å². The molecule has 0 aliphatic carbocycles. The molecule has 0 spiro atoms. The zero-order valence-corrected chi connectivity index (χ0v) is 9.60. The Balaban J connectivity index is 4.24. The fraction of sp³-hybridized carbons (Fsp3) is 0.636. The van der Waals surface area contributed by atoms with Crippen LogP contribution in [-0.2, 0) is 14.3 Å². The smallest absolute Gasteiger partial charge is 0.331 e. The van der Waals surface area contributed by atoms with Crippen molar-refractivity contribution in [3.63, 3.8) is 0 Å². The Morgan fingerprint density at radius 2 is 2.06 bits per heavy atom. The largest absolute Gasteiger partial charge is 0.500 e. The molecular formula is C11H18O5. The number of allylic oxidation sites excluding steroid dienone is 1. The second kappa shape index (κ2) is 7.87. The Labute approximate surface area is 94.7 Å². The van der Waals surface area contributed by atoms with Crippen molar-refractivity contribution in [1.29, 1.82) is 0 Å². The Morgan fingerprint density at radius 3 is 2.50 bits per heavy atom. The highest BCUT2D eigenvalue weighted by Gasteiger charge is 2.16. The van der Waals surface area contributed by atoms with Gasteiger partial charge in [0.15, 0.2) is 5.78 Å². The Kier molecular flexibility index (Phi) is 7.20. The zero-order valence-electron chi connectivity index (χ0n) is 9.60. The normalized spacial score (nSPS) is 13.3. The molecule has 0 fully saturated rings. The number of aliphatic carboxylic acids is 1. The number of methoxy groups -OCH3 is 1. The number of carbonyl (C=O) groups is 2. The van der Waals surface area contributed by atoms with Gasteiger partial charge in [0.25, 0.3) is 0 Å². The standard InChI is InChI=1S/C11H18O5/c1-3-4-5-9(12)10(13)6-8(16-2)7-11(14)15/h7,9,12H,3-6H2,1-2H3,(H,14,15)/b8-7+/t9-/m0/s1. The molecule has 0 aromatic rings. The molecule has 0 heterocycles. The van der Waals surface area contributed by atoms with Crippen LogP contribution in [0.5, 0.6) is 0 Å². The van der Waals surface area contributed by atoms with Gasteiger partial charge in [-0.2, -0.15) is 0 Å². The predicted molar refractivity (Wildman–Crippen MR) is 57.9 cm³/mol. The molecule has 0 bridgehead atoms. The summed E-state index contributed by atoms with van der Waals surface area (Å²) >= 11 is 0. The third kappa shape index (κ3) is 6.19. The molecule has 0 radical (unpaired) electrons. The van der Waals surface area contributed by atoms with Gasteiger partial charge in [-0.15, -0.1) is 0 Å². The molecule has 5 heteroatoms. The summed E-state index contributed by atoms with van der Waals surface area (Å²) in [4.78, 5) is 21.8. The first-order chi connectivity index (χ1) is 7.51. The van der Waals surface area contributed by atoms with Crippen molar-refractivity contribution in [3.8, 4) is 0 Å². The molecule has 5 nitrogen and oxygen atoms in total. The number of rotatable bonds is 8. The third-order valence-corrected chi connectivity index (χ3v) is 2.10. The number of Topliss-reactive ketones (excluding diaryl/α,β-unsaturated/α-hetero) is 1. The highest BCUT2D eigenvalue weighted by Crippen LogP contribution is 2.09. The van der Waals surface area contributed by atoms with Crippen LogP contribution in [0.15, 0.2) is 11.8 Å². The van der Waals surface area contributed by atoms with Crippen LogP contribution in [0.4, 0.5) is 0 Å². The molecule has 1 atom stereocenters. The highest BCUT2D eigenvalue weighted by atomic mass is 16.5. The van der Waals surface area contributed by atoms with E-state index < -0.39 is 17.9 Å². The van der Waals surface area contributed by atoms with Crippen LogP contribution in [-0.4, -0.2) is 35.2 Å². The van der Waals surface area contributed by atoms with Gasteiger partial charge in [-0.25, -0.2) is 4.79 Å². The monoisotopic (exact) mass is 230 g/mol. The Morgan fingerprint density at radius 1 is 1.44 bits per heavy atom. The number of carboxylic acid groups (broad SMARTS) is 1. The lowest BCUT2D eigenvalue weighted by molar-refractivity contribution is -0.131. The van der Waals surface area contributed by atoms with Crippen LogP contribution >= 0.6 is 0 Å². The molecule has 0 aliphatic heterocycles. The van der Waals surface area contributed by atoms with Crippen molar-refractivity contribution in [2.45, 2.75) is 38.7 Å². The molecule has 0 aromatic carbocycles. The average molecular weight is 230 g/mol. The summed E-state index contributed by atoms with van der Waals surface area (Å²) < 4.78 is 4.73. The summed E-state index contributed by atoms with van der Waals surface area (Å²) in [5.41, 5.74) is 0. The predicted octanol–water partition coefficient (Wildman–Crippen LogP) is 1.11. The van der Waals surface area contributed by atoms with Gasteiger partial charge >= 0.3 is 5.97 Å². The Hall–Kier alpha value is -1.36. The van der Waals surface area contributed by atoms with Gasteiger partial charge in [-0.05, 0) is 6.42 Å². The quantitative estimate of drug-likeness (QED) is 0.482. The van der Waals surface area contributed by atoms with Crippen molar-refractivity contribution < 1.29 is 24.5 Å². The highest BCUT2D eigenvalue weighted by molar-refractivity contribution is 5.87. The van der Waals surface area contributed by atoms with Crippen LogP contribution in [0, 0.1) is 0 Å². The van der Waals surface area contributed by atoms with Crippen molar-refractivity contribution in [2.24, 2.45) is 0 Å². The van der Waals surface area contributed by atoms with Crippen LogP contribution in [0.1, 0.15) is 32.6 Å². The number of carboxylic acids is 1. The molecule has 2 N–H and O–H groups in total. The van der Waals surface area contributed by atoms with E-state index in [4.69, 9.17) is 9.84 Å². The van der Waals surface area contributed by atoms with Crippen LogP contribution < -0.4 is 0 Å². The molecule has 0 amide bonds. The van der Waals surface area contributed by atoms with Crippen molar-refractivity contribution in [1.82, 2.24) is 0 Å². The maximum atomic E-state index is 11.4. The van der Waals surface area contributed by atoms with Crippen molar-refractivity contribution in [3.05, 3.63) is 11.8 Å². The van der Waals surface area contributed by atoms with E-state index in [2.05, 4.69) is 0 Å². The van der Waals surface area contributed by atoms with E-state index in [0.29, 0.717) is 6.42 Å². The molecule has 92 valence electrons. The van der Waals surface area contributed by atoms with Crippen LogP contribution in [0.25, 0.3) is 0 Å². The SMILES string of the molecule is CCCC[C@H](O)C(=O)C/C(=C\C(=O)O)OC. The molecule has 0 saturated heterocycles. The molecule has 0 aliphatic rings. The second-order valence-corrected chi connectivity index (χ2v) is 3.45. The molecule has 0 unspecified atom stereocenters. The topological polar surface area (TPSA) is 83.8 Å². The minimum atomic E-state index is -1.17. The summed E-state index contributed by atoms with van der Waals surface area (Å²) in [7, 11) is 1.29. The van der Waals surface area contributed by atoms with Gasteiger partial charge in [0, 0.05) is 0 Å². The van der Waals surface area contributed by atoms with Gasteiger partial charge in [-0.3, -0.25) is 4.79 Å². The first-order valence-corrected chi connectivity index (χ1v) is 5.19. The number of hydrogen-bond donors (Lipinski definition) is 2. The summed E-state index contributed by atoms with van der Waals surface area (Å²) in [5.74, 6) is -1.54. The third-order valence-electron chi connectivity index (χ3n) is 2.10. The number of aliphatic hydroxyl groups is 1. The van der Waals surface area contributed by atoms with Crippen LogP contribution in [0.2, 0.25) is 0 Å². The number of ketones is 1. The molecule has 0 aromatic heterocycles. The second-order valence-electron chi connectivity index (χ2n) is 3.45. The van der Waals surface area contributed by atoms with Gasteiger partial charge < -0.3 is 14.9 Å². The Bertz CT molecular complexity index is 270. The van der Waals surface area contributed by atoms with Crippen LogP contribution in [0.3, 0.4) is 0 Å². The maximum Gasteiger partial charge on any atom is 0.331 e. The minimum Gasteiger partial charge on any atom is -0.500 e. The fourth-order valence-corrected chi connectivity index (χ4v) is 1.17. The first-order valence-electron chi connectivity index (χ1n) is 5.19. The van der Waals surface area contributed by atoms with E-state index in [1.807, 2.05) is 6.92 Å². The molecular weight excluding hydrogens is 212 g/mol. The van der Waals surface area contributed by atoms with E-state index in [1.54, 1.807) is 0 Å². The lowest BCUT2D eigenvalue weighted by Crippen LogP contribution is -2.21. The summed E-state index contributed by atoms with van der Waals surface area (Å²) in [6, 6.07) is 0. The maximum absolute atomic E-state index is 11.4. The summed E-state index contributed by atoms with van der Waals surface area (Å²) in [5, 5.41) is 17.9. The number of unbranched alkanes of at least 4 members (excludes halogenated alkanes) is 1. The van der Waals surface area contributed by atoms with E-state index >= 15 is 0 Å². The summed E-state index contributed by atoms with van der Waals surface area (Å²) in [6.07, 6.45) is 1.66. The van der Waals surface area contributed by atoms with E-state index in [0.717, 1.165) is 18.9 Å². The summed E-state index contributed by atoms with van der Waals surface area (Å²) in [6.45, 7) is 1.96. The lowest BCUT2D eigenvalue weighted by Gasteiger charge is -2.10. The van der Waals surface area contributed by atoms with Gasteiger partial charge in [0.2, 0.25) is 0 Å². The minimum absolute atomic E-state index is 0.0491.